The second-order valence-electron chi connectivity index (χ2n) is 6.69. The number of anilines is 1. The number of rotatable bonds is 5. The molecule has 2 aromatic carbocycles. The third kappa shape index (κ3) is 4.24. The number of carbonyl (C=O) groups excluding carboxylic acids is 2. The lowest BCUT2D eigenvalue weighted by molar-refractivity contribution is 0.0968. The molecule has 11 heteroatoms. The summed E-state index contributed by atoms with van der Waals surface area (Å²) in [5.74, 6) is -1.70. The number of nitrogens with one attached hydrogen (secondary N) is 1. The van der Waals surface area contributed by atoms with Gasteiger partial charge in [-0.1, -0.05) is 11.2 Å². The van der Waals surface area contributed by atoms with Crippen LogP contribution in [0.2, 0.25) is 0 Å². The molecule has 4 aromatic rings. The van der Waals surface area contributed by atoms with Gasteiger partial charge in [0.25, 0.3) is 11.8 Å². The Morgan fingerprint density at radius 1 is 1.12 bits per heavy atom. The maximum Gasteiger partial charge on any atom is 0.340 e. The molecule has 162 valence electrons. The van der Waals surface area contributed by atoms with E-state index in [9.17, 15) is 18.8 Å². The van der Waals surface area contributed by atoms with E-state index in [1.807, 2.05) is 0 Å². The van der Waals surface area contributed by atoms with Gasteiger partial charge in [-0.25, -0.2) is 13.8 Å². The van der Waals surface area contributed by atoms with Crippen molar-refractivity contribution in [3.8, 4) is 5.69 Å². The lowest BCUT2D eigenvalue weighted by Crippen LogP contribution is -2.27. The van der Waals surface area contributed by atoms with E-state index in [2.05, 4.69) is 20.3 Å². The number of pyridine rings is 1. The maximum atomic E-state index is 13.3. The first-order valence-electron chi connectivity index (χ1n) is 9.49. The van der Waals surface area contributed by atoms with Gasteiger partial charge in [-0.3, -0.25) is 19.1 Å². The number of aromatic nitrogens is 3. The fraction of sp³-hybridized carbons (Fsp3) is 0. The molecule has 33 heavy (non-hydrogen) atoms. The Hall–Kier alpha value is -5.02. The maximum absolute atomic E-state index is 13.3. The molecule has 1 N–H and O–H groups in total. The molecule has 1 amide bonds. The standard InChI is InChI=1S/C22H14FN7O3/c23-15-3-1-2-14(12-15)21(32)27-16-4-6-17(7-5-16)29-19-13-25-10-8-18(19)30(22(29)33)20(31)9-11-26-28-24/h1-13H,(H,27,32). The van der Waals surface area contributed by atoms with E-state index in [0.717, 1.165) is 22.9 Å². The number of carbonyl (C=O) groups is 2. The molecule has 0 unspecified atom stereocenters. The van der Waals surface area contributed by atoms with Gasteiger partial charge in [0, 0.05) is 34.6 Å². The van der Waals surface area contributed by atoms with Crippen LogP contribution in [0.1, 0.15) is 15.2 Å². The highest BCUT2D eigenvalue weighted by atomic mass is 19.1. The van der Waals surface area contributed by atoms with Gasteiger partial charge in [-0.2, -0.15) is 0 Å². The van der Waals surface area contributed by atoms with E-state index >= 15 is 0 Å². The third-order valence-electron chi connectivity index (χ3n) is 4.67. The summed E-state index contributed by atoms with van der Waals surface area (Å²) < 4.78 is 15.6. The first-order chi connectivity index (χ1) is 16.0. The van der Waals surface area contributed by atoms with Gasteiger partial charge < -0.3 is 5.32 Å². The summed E-state index contributed by atoms with van der Waals surface area (Å²) in [6.07, 6.45) is 4.82. The van der Waals surface area contributed by atoms with Crippen LogP contribution in [0.4, 0.5) is 10.1 Å². The Morgan fingerprint density at radius 2 is 1.91 bits per heavy atom. The van der Waals surface area contributed by atoms with Crippen LogP contribution in [-0.4, -0.2) is 25.9 Å². The van der Waals surface area contributed by atoms with Gasteiger partial charge in [0.1, 0.15) is 5.82 Å². The highest BCUT2D eigenvalue weighted by molar-refractivity contribution is 6.04. The average Bonchev–Trinajstić information content (AvgIpc) is 3.11. The predicted octanol–water partition coefficient (Wildman–Crippen LogP) is 4.04. The highest BCUT2D eigenvalue weighted by Gasteiger charge is 2.18. The molecule has 0 saturated carbocycles. The number of amides is 1. The molecule has 0 atom stereocenters. The fourth-order valence-corrected chi connectivity index (χ4v) is 3.24. The number of benzene rings is 2. The summed E-state index contributed by atoms with van der Waals surface area (Å²) in [6, 6.07) is 13.1. The lowest BCUT2D eigenvalue weighted by Gasteiger charge is -2.07. The SMILES string of the molecule is [N-]=[N+]=NC=CC(=O)n1c(=O)n(-c2ccc(NC(=O)c3cccc(F)c3)cc2)c2cnccc21. The van der Waals surface area contributed by atoms with Crippen molar-refractivity contribution in [1.29, 1.82) is 0 Å². The van der Waals surface area contributed by atoms with Gasteiger partial charge in [0.05, 0.1) is 22.9 Å². The predicted molar refractivity (Wildman–Crippen MR) is 119 cm³/mol. The third-order valence-corrected chi connectivity index (χ3v) is 4.67. The van der Waals surface area contributed by atoms with Crippen molar-refractivity contribution in [2.24, 2.45) is 5.11 Å². The molecule has 0 aliphatic carbocycles. The molecule has 10 nitrogen and oxygen atoms in total. The van der Waals surface area contributed by atoms with Crippen molar-refractivity contribution in [1.82, 2.24) is 14.1 Å². The summed E-state index contributed by atoms with van der Waals surface area (Å²) >= 11 is 0. The number of hydrogen-bond donors (Lipinski definition) is 1. The number of fused-ring (bicyclic) bond motifs is 1. The van der Waals surface area contributed by atoms with Crippen molar-refractivity contribution in [2.45, 2.75) is 0 Å². The minimum atomic E-state index is -0.693. The van der Waals surface area contributed by atoms with Crippen molar-refractivity contribution in [3.63, 3.8) is 0 Å². The molecule has 2 aromatic heterocycles. The zero-order valence-electron chi connectivity index (χ0n) is 16.8. The number of halogens is 1. The van der Waals surface area contributed by atoms with Gasteiger partial charge in [0.15, 0.2) is 0 Å². The monoisotopic (exact) mass is 443 g/mol. The molecule has 0 bridgehead atoms. The Morgan fingerprint density at radius 3 is 2.64 bits per heavy atom. The molecule has 0 radical (unpaired) electrons. The molecule has 0 aliphatic heterocycles. The zero-order chi connectivity index (χ0) is 23.4. The quantitative estimate of drug-likeness (QED) is 0.215. The van der Waals surface area contributed by atoms with E-state index in [1.54, 1.807) is 24.3 Å². The molecular formula is C22H14FN7O3. The van der Waals surface area contributed by atoms with E-state index in [-0.39, 0.29) is 5.56 Å². The van der Waals surface area contributed by atoms with Gasteiger partial charge in [-0.15, -0.1) is 0 Å². The van der Waals surface area contributed by atoms with Crippen LogP contribution in [-0.2, 0) is 0 Å². The normalized spacial score (nSPS) is 10.8. The number of nitrogens with zero attached hydrogens (tertiary/aromatic N) is 6. The smallest absolute Gasteiger partial charge is 0.322 e. The Labute approximate surface area is 184 Å². The molecule has 0 fully saturated rings. The second kappa shape index (κ2) is 9.00. The second-order valence-corrected chi connectivity index (χ2v) is 6.69. The van der Waals surface area contributed by atoms with Crippen LogP contribution in [0.25, 0.3) is 27.2 Å². The molecule has 0 aliphatic rings. The summed E-state index contributed by atoms with van der Waals surface area (Å²) in [7, 11) is 0. The van der Waals surface area contributed by atoms with Gasteiger partial charge in [-0.05, 0) is 54.1 Å². The molecule has 0 spiro atoms. The first-order valence-corrected chi connectivity index (χ1v) is 9.49. The van der Waals surface area contributed by atoms with Gasteiger partial charge >= 0.3 is 5.69 Å². The molecule has 4 rings (SSSR count). The molecule has 2 heterocycles. The number of allylic oxidation sites excluding steroid dienone is 1. The van der Waals surface area contributed by atoms with Crippen LogP contribution in [0.15, 0.2) is 89.2 Å². The summed E-state index contributed by atoms with van der Waals surface area (Å²) in [5.41, 5.74) is 9.41. The average molecular weight is 443 g/mol. The largest absolute Gasteiger partial charge is 0.340 e. The van der Waals surface area contributed by atoms with Crippen LogP contribution >= 0.6 is 0 Å². The minimum absolute atomic E-state index is 0.164. The van der Waals surface area contributed by atoms with Crippen molar-refractivity contribution in [2.75, 3.05) is 5.32 Å². The highest BCUT2D eigenvalue weighted by Crippen LogP contribution is 2.19. The summed E-state index contributed by atoms with van der Waals surface area (Å²) in [6.45, 7) is 0. The first kappa shape index (κ1) is 21.2. The van der Waals surface area contributed by atoms with Crippen molar-refractivity contribution in [3.05, 3.63) is 112 Å². The Balaban J connectivity index is 1.69. The minimum Gasteiger partial charge on any atom is -0.322 e. The van der Waals surface area contributed by atoms with E-state index in [4.69, 9.17) is 5.53 Å². The molecular weight excluding hydrogens is 429 g/mol. The number of hydrogen-bond acceptors (Lipinski definition) is 5. The van der Waals surface area contributed by atoms with E-state index < -0.39 is 23.3 Å². The van der Waals surface area contributed by atoms with E-state index in [0.29, 0.717) is 22.4 Å². The molecule has 0 saturated heterocycles. The van der Waals surface area contributed by atoms with Crippen molar-refractivity contribution < 1.29 is 14.0 Å². The summed E-state index contributed by atoms with van der Waals surface area (Å²) in [4.78, 5) is 44.5. The number of azide groups is 1. The van der Waals surface area contributed by atoms with Crippen LogP contribution < -0.4 is 11.0 Å². The fourth-order valence-electron chi connectivity index (χ4n) is 3.24. The van der Waals surface area contributed by atoms with Crippen LogP contribution in [0.5, 0.6) is 0 Å². The Kier molecular flexibility index (Phi) is 5.79. The van der Waals surface area contributed by atoms with Crippen LogP contribution in [0, 0.1) is 5.82 Å². The Bertz CT molecular complexity index is 1510. The van der Waals surface area contributed by atoms with Crippen LogP contribution in [0.3, 0.4) is 0 Å². The lowest BCUT2D eigenvalue weighted by atomic mass is 10.2. The number of imidazole rings is 1. The zero-order valence-corrected chi connectivity index (χ0v) is 16.8. The van der Waals surface area contributed by atoms with Gasteiger partial charge in [0.2, 0.25) is 0 Å². The van der Waals surface area contributed by atoms with Crippen molar-refractivity contribution >= 4 is 28.5 Å². The van der Waals surface area contributed by atoms with E-state index in [1.165, 1.54) is 41.2 Å². The summed E-state index contributed by atoms with van der Waals surface area (Å²) in [5, 5.41) is 5.82. The topological polar surface area (TPSA) is 135 Å².